The second-order valence-corrected chi connectivity index (χ2v) is 10.1. The molecule has 7 nitrogen and oxygen atoms in total. The maximum absolute atomic E-state index is 12.5. The van der Waals surface area contributed by atoms with Gasteiger partial charge in [-0.1, -0.05) is 29.3 Å². The second kappa shape index (κ2) is 6.58. The summed E-state index contributed by atoms with van der Waals surface area (Å²) in [5, 5.41) is 20.0. The van der Waals surface area contributed by atoms with E-state index >= 15 is 0 Å². The van der Waals surface area contributed by atoms with Crippen LogP contribution in [0, 0.1) is 11.8 Å². The number of hydrogen-bond donors (Lipinski definition) is 4. The molecule has 152 valence electrons. The Hall–Kier alpha value is -1.84. The summed E-state index contributed by atoms with van der Waals surface area (Å²) in [5.74, 6) is 0.133. The van der Waals surface area contributed by atoms with Gasteiger partial charge in [0.15, 0.2) is 0 Å². The quantitative estimate of drug-likeness (QED) is 0.475. The lowest BCUT2D eigenvalue weighted by atomic mass is 9.86. The molecule has 1 aromatic heterocycles. The maximum atomic E-state index is 12.5. The first-order valence-corrected chi connectivity index (χ1v) is 11.4. The van der Waals surface area contributed by atoms with Crippen molar-refractivity contribution >= 4 is 50.0 Å². The average molecular weight is 453 g/mol. The van der Waals surface area contributed by atoms with E-state index in [1.54, 1.807) is 42.6 Å². The van der Waals surface area contributed by atoms with E-state index in [-0.39, 0.29) is 17.9 Å². The summed E-state index contributed by atoms with van der Waals surface area (Å²) in [5.41, 5.74) is 0.850. The van der Waals surface area contributed by atoms with Crippen LogP contribution in [0.3, 0.4) is 0 Å². The molecule has 0 radical (unpaired) electrons. The Kier molecular flexibility index (Phi) is 4.34. The van der Waals surface area contributed by atoms with Gasteiger partial charge >= 0.3 is 0 Å². The first-order chi connectivity index (χ1) is 13.7. The minimum atomic E-state index is -3.74. The SMILES string of the molecule is O=S(=O)(Nc1cccc(Cl)c1)N[C@@H]1[C@@H]2C[C@@](O)(c3cc(Cl)cc4[nH]ncc34)C[C@@H]21. The van der Waals surface area contributed by atoms with Crippen LogP contribution in [0.1, 0.15) is 18.4 Å². The van der Waals surface area contributed by atoms with Gasteiger partial charge < -0.3 is 5.11 Å². The van der Waals surface area contributed by atoms with Crippen LogP contribution in [-0.2, 0) is 15.8 Å². The lowest BCUT2D eigenvalue weighted by Gasteiger charge is -2.27. The molecule has 2 aliphatic carbocycles. The number of aromatic nitrogens is 2. The molecule has 1 heterocycles. The van der Waals surface area contributed by atoms with Crippen LogP contribution < -0.4 is 9.44 Å². The van der Waals surface area contributed by atoms with Gasteiger partial charge in [-0.2, -0.15) is 18.2 Å². The first kappa shape index (κ1) is 19.1. The molecule has 29 heavy (non-hydrogen) atoms. The fourth-order valence-electron chi connectivity index (χ4n) is 4.58. The molecule has 2 aliphatic rings. The molecule has 3 aromatic rings. The van der Waals surface area contributed by atoms with E-state index in [1.165, 1.54) is 0 Å². The van der Waals surface area contributed by atoms with Crippen LogP contribution in [0.4, 0.5) is 5.69 Å². The van der Waals surface area contributed by atoms with Gasteiger partial charge in [-0.3, -0.25) is 9.82 Å². The third-order valence-electron chi connectivity index (χ3n) is 5.87. The monoisotopic (exact) mass is 452 g/mol. The molecule has 10 heteroatoms. The van der Waals surface area contributed by atoms with Crippen molar-refractivity contribution in [3.63, 3.8) is 0 Å². The number of hydrogen-bond acceptors (Lipinski definition) is 4. The number of fused-ring (bicyclic) bond motifs is 2. The van der Waals surface area contributed by atoms with Gasteiger partial charge in [-0.15, -0.1) is 0 Å². The van der Waals surface area contributed by atoms with E-state index in [0.717, 1.165) is 16.5 Å². The van der Waals surface area contributed by atoms with Crippen LogP contribution in [0.25, 0.3) is 10.9 Å². The average Bonchev–Trinajstić information content (AvgIpc) is 3.02. The van der Waals surface area contributed by atoms with Crippen molar-refractivity contribution in [1.82, 2.24) is 14.9 Å². The molecule has 4 N–H and O–H groups in total. The number of anilines is 1. The fraction of sp³-hybridized carbons (Fsp3) is 0.316. The summed E-state index contributed by atoms with van der Waals surface area (Å²) < 4.78 is 30.1. The largest absolute Gasteiger partial charge is 0.385 e. The zero-order valence-electron chi connectivity index (χ0n) is 15.1. The van der Waals surface area contributed by atoms with E-state index in [2.05, 4.69) is 19.6 Å². The molecule has 2 aromatic carbocycles. The van der Waals surface area contributed by atoms with Crippen LogP contribution in [0.2, 0.25) is 10.0 Å². The number of nitrogens with zero attached hydrogens (tertiary/aromatic N) is 1. The highest BCUT2D eigenvalue weighted by Crippen LogP contribution is 2.60. The third kappa shape index (κ3) is 3.49. The normalized spacial score (nSPS) is 28.4. The van der Waals surface area contributed by atoms with Crippen LogP contribution in [-0.4, -0.2) is 29.8 Å². The zero-order chi connectivity index (χ0) is 20.4. The molecule has 5 rings (SSSR count). The summed E-state index contributed by atoms with van der Waals surface area (Å²) in [6, 6.07) is 9.86. The molecule has 0 bridgehead atoms. The highest BCUT2D eigenvalue weighted by Gasteiger charge is 2.62. The second-order valence-electron chi connectivity index (χ2n) is 7.81. The minimum absolute atomic E-state index is 0.0665. The molecule has 2 saturated carbocycles. The molecular formula is C19H18Cl2N4O3S. The van der Waals surface area contributed by atoms with Gasteiger partial charge in [0.05, 0.1) is 23.0 Å². The van der Waals surface area contributed by atoms with E-state index in [9.17, 15) is 13.5 Å². The summed E-state index contributed by atoms with van der Waals surface area (Å²) >= 11 is 12.1. The summed E-state index contributed by atoms with van der Waals surface area (Å²) in [4.78, 5) is 0. The number of nitrogens with one attached hydrogen (secondary N) is 3. The van der Waals surface area contributed by atoms with Crippen molar-refractivity contribution in [2.24, 2.45) is 11.8 Å². The van der Waals surface area contributed by atoms with Gasteiger partial charge in [0.1, 0.15) is 0 Å². The maximum Gasteiger partial charge on any atom is 0.299 e. The Labute approximate surface area is 177 Å². The Balaban J connectivity index is 1.30. The van der Waals surface area contributed by atoms with Crippen molar-refractivity contribution in [1.29, 1.82) is 0 Å². The Morgan fingerprint density at radius 3 is 2.62 bits per heavy atom. The van der Waals surface area contributed by atoms with Crippen molar-refractivity contribution in [2.45, 2.75) is 24.5 Å². The Morgan fingerprint density at radius 2 is 1.90 bits per heavy atom. The van der Waals surface area contributed by atoms with Gasteiger partial charge in [-0.05, 0) is 60.6 Å². The topological polar surface area (TPSA) is 107 Å². The molecule has 0 saturated heterocycles. The molecule has 2 fully saturated rings. The molecule has 0 amide bonds. The predicted octanol–water partition coefficient (Wildman–Crippen LogP) is 3.41. The third-order valence-corrected chi connectivity index (χ3v) is 7.41. The lowest BCUT2D eigenvalue weighted by Crippen LogP contribution is -2.36. The number of benzene rings is 2. The molecular weight excluding hydrogens is 435 g/mol. The van der Waals surface area contributed by atoms with E-state index in [0.29, 0.717) is 28.6 Å². The number of aromatic amines is 1. The number of aliphatic hydroxyl groups is 1. The Bertz CT molecular complexity index is 1200. The van der Waals surface area contributed by atoms with Gasteiger partial charge in [0.25, 0.3) is 10.2 Å². The van der Waals surface area contributed by atoms with Gasteiger partial charge in [0.2, 0.25) is 0 Å². The van der Waals surface area contributed by atoms with Crippen LogP contribution in [0.5, 0.6) is 0 Å². The molecule has 0 aliphatic heterocycles. The van der Waals surface area contributed by atoms with Crippen molar-refractivity contribution in [3.05, 3.63) is 58.2 Å². The summed E-state index contributed by atoms with van der Waals surface area (Å²) in [7, 11) is -3.74. The molecule has 0 unspecified atom stereocenters. The standard InChI is InChI=1S/C19H18Cl2N4O3S/c20-10-2-1-3-12(4-10)24-29(27,28)25-18-13-7-19(26,8-14(13)18)16-5-11(21)6-17-15(16)9-22-23-17/h1-6,9,13-14,18,24-26H,7-8H2,(H,22,23)/t13-,14+,18-,19+. The summed E-state index contributed by atoms with van der Waals surface area (Å²) in [6.07, 6.45) is 2.60. The zero-order valence-corrected chi connectivity index (χ0v) is 17.4. The van der Waals surface area contributed by atoms with E-state index in [1.807, 2.05) is 0 Å². The highest BCUT2D eigenvalue weighted by molar-refractivity contribution is 7.90. The fourth-order valence-corrected chi connectivity index (χ4v) is 6.19. The van der Waals surface area contributed by atoms with Gasteiger partial charge in [-0.25, -0.2) is 0 Å². The first-order valence-electron chi connectivity index (χ1n) is 9.15. The molecule has 4 atom stereocenters. The smallest absolute Gasteiger partial charge is 0.299 e. The molecule has 0 spiro atoms. The van der Waals surface area contributed by atoms with E-state index < -0.39 is 15.8 Å². The number of H-pyrrole nitrogens is 1. The lowest BCUT2D eigenvalue weighted by molar-refractivity contribution is 0.0303. The van der Waals surface area contributed by atoms with Crippen LogP contribution in [0.15, 0.2) is 42.6 Å². The minimum Gasteiger partial charge on any atom is -0.385 e. The number of rotatable bonds is 5. The predicted molar refractivity (Wildman–Crippen MR) is 112 cm³/mol. The summed E-state index contributed by atoms with van der Waals surface area (Å²) in [6.45, 7) is 0. The number of halogens is 2. The van der Waals surface area contributed by atoms with Crippen molar-refractivity contribution in [3.8, 4) is 0 Å². The van der Waals surface area contributed by atoms with Crippen molar-refractivity contribution in [2.75, 3.05) is 4.72 Å². The van der Waals surface area contributed by atoms with Crippen molar-refractivity contribution < 1.29 is 13.5 Å². The Morgan fingerprint density at radius 1 is 1.14 bits per heavy atom. The van der Waals surface area contributed by atoms with Gasteiger partial charge in [0, 0.05) is 21.5 Å². The van der Waals surface area contributed by atoms with E-state index in [4.69, 9.17) is 23.2 Å². The highest BCUT2D eigenvalue weighted by atomic mass is 35.5. The van der Waals surface area contributed by atoms with Crippen LogP contribution >= 0.6 is 23.2 Å².